The van der Waals surface area contributed by atoms with Crippen molar-refractivity contribution in [2.75, 3.05) is 0 Å². The molecule has 2 heteroatoms. The smallest absolute Gasteiger partial charge is 0.0711 e. The number of pyridine rings is 1. The lowest BCUT2D eigenvalue weighted by molar-refractivity contribution is 1.09. The van der Waals surface area contributed by atoms with Gasteiger partial charge in [0, 0.05) is 29.2 Å². The number of aromatic nitrogens is 1. The Bertz CT molecular complexity index is 3330. The standard InChI is InChI=1S/C58H40N2/c1-2-13-40-32-46(28-27-39(40)12-1)42-15-7-14-41(33-42)45-18-10-26-57(60-58(37-45)49-20-9-17-44(35-49)50-21-11-31-59-38-50)48-19-8-16-43(34-48)47-29-30-55-53-24-4-3-22-51(53)52-23-5-6-25-54(52)56(55)36-47/h1-9,11-25,27-38H,10,26H2. The number of aliphatic imine (C=N–C) groups is 1. The van der Waals surface area contributed by atoms with E-state index in [1.807, 2.05) is 18.5 Å². The molecule has 10 aromatic rings. The number of rotatable bonds is 6. The lowest BCUT2D eigenvalue weighted by atomic mass is 9.91. The first-order valence-electron chi connectivity index (χ1n) is 20.8. The van der Waals surface area contributed by atoms with Crippen LogP contribution in [0, 0.1) is 0 Å². The average molecular weight is 765 g/mol. The second-order valence-electron chi connectivity index (χ2n) is 15.7. The van der Waals surface area contributed by atoms with Crippen molar-refractivity contribution in [2.45, 2.75) is 12.8 Å². The number of benzene rings is 9. The second kappa shape index (κ2) is 15.2. The van der Waals surface area contributed by atoms with Crippen LogP contribution in [0.15, 0.2) is 224 Å². The molecular formula is C58H40N2. The Hall–Kier alpha value is -7.68. The van der Waals surface area contributed by atoms with E-state index >= 15 is 0 Å². The Kier molecular flexibility index (Phi) is 9.02. The Labute approximate surface area is 350 Å². The summed E-state index contributed by atoms with van der Waals surface area (Å²) in [5, 5.41) is 10.2. The maximum absolute atomic E-state index is 5.58. The normalized spacial score (nSPS) is 13.2. The van der Waals surface area contributed by atoms with Gasteiger partial charge in [-0.3, -0.25) is 9.98 Å². The van der Waals surface area contributed by atoms with Gasteiger partial charge in [-0.15, -0.1) is 0 Å². The molecule has 2 nitrogen and oxygen atoms in total. The summed E-state index contributed by atoms with van der Waals surface area (Å²) < 4.78 is 0. The first-order valence-corrected chi connectivity index (χ1v) is 20.8. The van der Waals surface area contributed by atoms with Gasteiger partial charge in [0.25, 0.3) is 0 Å². The van der Waals surface area contributed by atoms with Crippen LogP contribution in [-0.2, 0) is 0 Å². The molecule has 0 spiro atoms. The number of fused-ring (bicyclic) bond motifs is 7. The van der Waals surface area contributed by atoms with Gasteiger partial charge in [0.05, 0.1) is 5.70 Å². The predicted molar refractivity (Wildman–Crippen MR) is 255 cm³/mol. The quantitative estimate of drug-likeness (QED) is 0.155. The third-order valence-electron chi connectivity index (χ3n) is 12.0. The summed E-state index contributed by atoms with van der Waals surface area (Å²) in [5.41, 5.74) is 13.6. The highest BCUT2D eigenvalue weighted by Gasteiger charge is 2.15. The molecule has 0 saturated carbocycles. The van der Waals surface area contributed by atoms with Crippen LogP contribution in [0.2, 0.25) is 0 Å². The van der Waals surface area contributed by atoms with Crippen molar-refractivity contribution in [1.29, 1.82) is 0 Å². The van der Waals surface area contributed by atoms with E-state index in [9.17, 15) is 0 Å². The molecule has 60 heavy (non-hydrogen) atoms. The van der Waals surface area contributed by atoms with Gasteiger partial charge in [-0.1, -0.05) is 164 Å². The molecule has 11 rings (SSSR count). The van der Waals surface area contributed by atoms with E-state index < -0.39 is 0 Å². The molecule has 2 heterocycles. The summed E-state index contributed by atoms with van der Waals surface area (Å²) in [7, 11) is 0. The van der Waals surface area contributed by atoms with Crippen LogP contribution in [-0.4, -0.2) is 10.7 Å². The number of allylic oxidation sites excluding steroid dienone is 3. The molecule has 1 aliphatic rings. The summed E-state index contributed by atoms with van der Waals surface area (Å²) in [4.78, 5) is 9.99. The van der Waals surface area contributed by atoms with Gasteiger partial charge in [-0.2, -0.15) is 0 Å². The minimum atomic E-state index is 0.811. The summed E-state index contributed by atoms with van der Waals surface area (Å²) >= 11 is 0. The molecule has 0 atom stereocenters. The molecule has 0 fully saturated rings. The van der Waals surface area contributed by atoms with Gasteiger partial charge in [0.2, 0.25) is 0 Å². The second-order valence-corrected chi connectivity index (χ2v) is 15.7. The summed E-state index contributed by atoms with van der Waals surface area (Å²) in [5.74, 6) is 0. The fourth-order valence-corrected chi connectivity index (χ4v) is 8.97. The van der Waals surface area contributed by atoms with Crippen molar-refractivity contribution in [2.24, 2.45) is 4.99 Å². The number of nitrogens with zero attached hydrogens (tertiary/aromatic N) is 2. The van der Waals surface area contributed by atoms with E-state index in [1.165, 1.54) is 76.5 Å². The van der Waals surface area contributed by atoms with E-state index in [2.05, 4.69) is 205 Å². The molecule has 0 aliphatic carbocycles. The third-order valence-corrected chi connectivity index (χ3v) is 12.0. The van der Waals surface area contributed by atoms with Crippen molar-refractivity contribution in [1.82, 2.24) is 4.98 Å². The van der Waals surface area contributed by atoms with Crippen molar-refractivity contribution in [3.05, 3.63) is 235 Å². The van der Waals surface area contributed by atoms with Gasteiger partial charge in [-0.05, 0) is 143 Å². The van der Waals surface area contributed by atoms with Gasteiger partial charge < -0.3 is 0 Å². The molecule has 282 valence electrons. The zero-order chi connectivity index (χ0) is 39.8. The summed E-state index contributed by atoms with van der Waals surface area (Å²) in [6.07, 6.45) is 10.1. The molecule has 0 radical (unpaired) electrons. The summed E-state index contributed by atoms with van der Waals surface area (Å²) in [6.45, 7) is 0. The first-order chi connectivity index (χ1) is 29.7. The lowest BCUT2D eigenvalue weighted by Crippen LogP contribution is -2.04. The highest BCUT2D eigenvalue weighted by Crippen LogP contribution is 2.38. The van der Waals surface area contributed by atoms with E-state index in [-0.39, 0.29) is 0 Å². The maximum Gasteiger partial charge on any atom is 0.0711 e. The molecular weight excluding hydrogens is 725 g/mol. The van der Waals surface area contributed by atoms with Crippen LogP contribution >= 0.6 is 0 Å². The van der Waals surface area contributed by atoms with Crippen molar-refractivity contribution >= 4 is 60.1 Å². The van der Waals surface area contributed by atoms with Crippen LogP contribution in [0.3, 0.4) is 0 Å². The topological polar surface area (TPSA) is 25.2 Å². The maximum atomic E-state index is 5.58. The molecule has 9 aromatic carbocycles. The Morgan fingerprint density at radius 3 is 1.62 bits per heavy atom. The Balaban J connectivity index is 1.01. The van der Waals surface area contributed by atoms with Crippen LogP contribution in [0.4, 0.5) is 0 Å². The number of hydrogen-bond acceptors (Lipinski definition) is 2. The van der Waals surface area contributed by atoms with Crippen LogP contribution in [0.1, 0.15) is 29.5 Å². The van der Waals surface area contributed by atoms with Gasteiger partial charge in [0.15, 0.2) is 0 Å². The molecule has 0 N–H and O–H groups in total. The first kappa shape index (κ1) is 35.5. The van der Waals surface area contributed by atoms with Crippen molar-refractivity contribution < 1.29 is 0 Å². The molecule has 1 aliphatic heterocycles. The fourth-order valence-electron chi connectivity index (χ4n) is 8.97. The minimum absolute atomic E-state index is 0.811. The Morgan fingerprint density at radius 1 is 0.350 bits per heavy atom. The van der Waals surface area contributed by atoms with E-state index in [0.29, 0.717) is 0 Å². The zero-order valence-corrected chi connectivity index (χ0v) is 33.1. The SMILES string of the molecule is C1=C(c2cccc(-c3ccc4ccccc4c3)c2)C=C(c2cccc(-c3cccnc3)c2)N=C(c2cccc(-c3ccc4c5ccccc5c5ccccc5c4c3)c2)CC1. The van der Waals surface area contributed by atoms with Crippen molar-refractivity contribution in [3.63, 3.8) is 0 Å². The van der Waals surface area contributed by atoms with Gasteiger partial charge in [0.1, 0.15) is 0 Å². The molecule has 0 bridgehead atoms. The minimum Gasteiger partial charge on any atom is -0.264 e. The largest absolute Gasteiger partial charge is 0.264 e. The highest BCUT2D eigenvalue weighted by molar-refractivity contribution is 6.25. The highest BCUT2D eigenvalue weighted by atomic mass is 14.8. The monoisotopic (exact) mass is 764 g/mol. The van der Waals surface area contributed by atoms with Gasteiger partial charge in [-0.25, -0.2) is 0 Å². The van der Waals surface area contributed by atoms with Crippen molar-refractivity contribution in [3.8, 4) is 33.4 Å². The van der Waals surface area contributed by atoms with E-state index in [0.717, 1.165) is 46.5 Å². The van der Waals surface area contributed by atoms with Crippen LogP contribution < -0.4 is 0 Å². The zero-order valence-electron chi connectivity index (χ0n) is 33.1. The third kappa shape index (κ3) is 6.68. The number of hydrogen-bond donors (Lipinski definition) is 0. The van der Waals surface area contributed by atoms with Crippen LogP contribution in [0.5, 0.6) is 0 Å². The average Bonchev–Trinajstić information content (AvgIpc) is 3.32. The van der Waals surface area contributed by atoms with Crippen LogP contribution in [0.25, 0.3) is 87.7 Å². The molecule has 1 aromatic heterocycles. The lowest BCUT2D eigenvalue weighted by Gasteiger charge is -2.16. The fraction of sp³-hybridized carbons (Fsp3) is 0.0345. The molecule has 0 amide bonds. The molecule has 0 saturated heterocycles. The van der Waals surface area contributed by atoms with E-state index in [1.54, 1.807) is 0 Å². The predicted octanol–water partition coefficient (Wildman–Crippen LogP) is 15.4. The van der Waals surface area contributed by atoms with Gasteiger partial charge >= 0.3 is 0 Å². The Morgan fingerprint density at radius 2 is 0.883 bits per heavy atom. The summed E-state index contributed by atoms with van der Waals surface area (Å²) in [6, 6.07) is 70.5. The molecule has 0 unspecified atom stereocenters. The van der Waals surface area contributed by atoms with E-state index in [4.69, 9.17) is 4.99 Å².